The number of para-hydroxylation sites is 1. The van der Waals surface area contributed by atoms with Crippen LogP contribution in [0.4, 0.5) is 5.69 Å². The molecule has 0 bridgehead atoms. The summed E-state index contributed by atoms with van der Waals surface area (Å²) in [5.41, 5.74) is 1.67. The van der Waals surface area contributed by atoms with Gasteiger partial charge in [-0.2, -0.15) is 5.26 Å². The van der Waals surface area contributed by atoms with E-state index in [4.69, 9.17) is 16.9 Å². The maximum absolute atomic E-state index is 12.0. The number of anilines is 1. The summed E-state index contributed by atoms with van der Waals surface area (Å²) in [6, 6.07) is 16.4. The number of rotatable bonds is 5. The summed E-state index contributed by atoms with van der Waals surface area (Å²) in [5.74, 6) is -0.443. The first-order valence-corrected chi connectivity index (χ1v) is 7.91. The van der Waals surface area contributed by atoms with Gasteiger partial charge in [-0.25, -0.2) is 0 Å². The van der Waals surface area contributed by atoms with Gasteiger partial charge in [0.2, 0.25) is 0 Å². The molecule has 2 aromatic carbocycles. The predicted molar refractivity (Wildman–Crippen MR) is 94.8 cm³/mol. The van der Waals surface area contributed by atoms with Gasteiger partial charge in [0.15, 0.2) is 0 Å². The monoisotopic (exact) mass is 389 g/mol. The third kappa shape index (κ3) is 5.13. The fourth-order valence-corrected chi connectivity index (χ4v) is 2.28. The van der Waals surface area contributed by atoms with E-state index in [1.807, 2.05) is 42.5 Å². The molecule has 4 nitrogen and oxygen atoms in total. The van der Waals surface area contributed by atoms with Crippen LogP contribution in [-0.2, 0) is 11.3 Å². The van der Waals surface area contributed by atoms with Gasteiger partial charge in [-0.05, 0) is 45.8 Å². The molecule has 0 saturated heterocycles. The standard InChI is InChI=1S/C17H13BrClN3O/c18-15-3-1-2-4-16(15)21-11-13(9-20)17(23)22-10-12-5-7-14(19)8-6-12/h1-8,11,21H,10H2,(H,22,23)/b13-11-. The molecule has 1 amide bonds. The summed E-state index contributed by atoms with van der Waals surface area (Å²) in [6.45, 7) is 0.323. The molecule has 6 heteroatoms. The third-order valence-corrected chi connectivity index (χ3v) is 3.92. The van der Waals surface area contributed by atoms with Gasteiger partial charge >= 0.3 is 0 Å². The zero-order chi connectivity index (χ0) is 16.7. The van der Waals surface area contributed by atoms with Crippen LogP contribution in [0, 0.1) is 11.3 Å². The summed E-state index contributed by atoms with van der Waals surface area (Å²) in [6.07, 6.45) is 1.39. The molecule has 23 heavy (non-hydrogen) atoms. The highest BCUT2D eigenvalue weighted by Crippen LogP contribution is 2.21. The highest BCUT2D eigenvalue weighted by Gasteiger charge is 2.08. The molecule has 2 aromatic rings. The smallest absolute Gasteiger partial charge is 0.263 e. The molecular weight excluding hydrogens is 378 g/mol. The molecule has 0 atom stereocenters. The number of nitrogens with one attached hydrogen (secondary N) is 2. The molecule has 2 N–H and O–H groups in total. The van der Waals surface area contributed by atoms with Gasteiger partial charge < -0.3 is 10.6 Å². The summed E-state index contributed by atoms with van der Waals surface area (Å²) in [7, 11) is 0. The lowest BCUT2D eigenvalue weighted by Crippen LogP contribution is -2.24. The Morgan fingerprint density at radius 2 is 1.91 bits per heavy atom. The number of nitrogens with zero attached hydrogens (tertiary/aromatic N) is 1. The maximum Gasteiger partial charge on any atom is 0.263 e. The molecule has 0 fully saturated rings. The molecule has 0 radical (unpaired) electrons. The van der Waals surface area contributed by atoms with Gasteiger partial charge in [0.05, 0.1) is 5.69 Å². The molecular formula is C17H13BrClN3O. The zero-order valence-corrected chi connectivity index (χ0v) is 14.4. The van der Waals surface area contributed by atoms with E-state index in [9.17, 15) is 4.79 Å². The molecule has 0 spiro atoms. The number of nitriles is 1. The van der Waals surface area contributed by atoms with Crippen LogP contribution in [0.15, 0.2) is 64.8 Å². The van der Waals surface area contributed by atoms with Crippen LogP contribution in [0.5, 0.6) is 0 Å². The van der Waals surface area contributed by atoms with E-state index < -0.39 is 5.91 Å². The molecule has 0 saturated carbocycles. The van der Waals surface area contributed by atoms with Crippen molar-refractivity contribution < 1.29 is 4.79 Å². The number of hydrogen-bond donors (Lipinski definition) is 2. The van der Waals surface area contributed by atoms with Crippen molar-refractivity contribution in [3.63, 3.8) is 0 Å². The number of amides is 1. The molecule has 0 aliphatic heterocycles. The highest BCUT2D eigenvalue weighted by molar-refractivity contribution is 9.10. The molecule has 2 rings (SSSR count). The second-order valence-corrected chi connectivity index (χ2v) is 5.89. The van der Waals surface area contributed by atoms with Crippen LogP contribution >= 0.6 is 27.5 Å². The lowest BCUT2D eigenvalue weighted by atomic mass is 10.2. The van der Waals surface area contributed by atoms with Gasteiger partial charge in [-0.1, -0.05) is 35.9 Å². The van der Waals surface area contributed by atoms with E-state index in [0.717, 1.165) is 15.7 Å². The SMILES string of the molecule is N#C/C(=C/Nc1ccccc1Br)C(=O)NCc1ccc(Cl)cc1. The molecule has 0 unspecified atom stereocenters. The predicted octanol–water partition coefficient (Wildman–Crippen LogP) is 4.24. The van der Waals surface area contributed by atoms with E-state index in [1.54, 1.807) is 12.1 Å². The summed E-state index contributed by atoms with van der Waals surface area (Å²) in [5, 5.41) is 15.4. The second-order valence-electron chi connectivity index (χ2n) is 4.60. The maximum atomic E-state index is 12.0. The van der Waals surface area contributed by atoms with Crippen molar-refractivity contribution in [2.24, 2.45) is 0 Å². The van der Waals surface area contributed by atoms with Crippen molar-refractivity contribution in [1.82, 2.24) is 5.32 Å². The Morgan fingerprint density at radius 1 is 1.22 bits per heavy atom. The van der Waals surface area contributed by atoms with E-state index in [1.165, 1.54) is 6.20 Å². The fraction of sp³-hybridized carbons (Fsp3) is 0.0588. The first kappa shape index (κ1) is 17.1. The Labute approximate surface area is 147 Å². The van der Waals surface area contributed by atoms with Crippen molar-refractivity contribution in [1.29, 1.82) is 5.26 Å². The Bertz CT molecular complexity index is 766. The lowest BCUT2D eigenvalue weighted by molar-refractivity contribution is -0.117. The van der Waals surface area contributed by atoms with E-state index in [0.29, 0.717) is 11.6 Å². The Balaban J connectivity index is 1.98. The largest absolute Gasteiger partial charge is 0.359 e. The van der Waals surface area contributed by atoms with Crippen LogP contribution in [-0.4, -0.2) is 5.91 Å². The normalized spacial score (nSPS) is 10.7. The second kappa shape index (κ2) is 8.37. The van der Waals surface area contributed by atoms with Crippen LogP contribution in [0.25, 0.3) is 0 Å². The number of benzene rings is 2. The summed E-state index contributed by atoms with van der Waals surface area (Å²) in [4.78, 5) is 12.0. The van der Waals surface area contributed by atoms with Gasteiger partial charge in [0, 0.05) is 22.2 Å². The average molecular weight is 391 g/mol. The molecule has 0 aromatic heterocycles. The first-order chi connectivity index (χ1) is 11.1. The minimum absolute atomic E-state index is 0.00489. The highest BCUT2D eigenvalue weighted by atomic mass is 79.9. The van der Waals surface area contributed by atoms with Crippen molar-refractivity contribution in [2.75, 3.05) is 5.32 Å². The van der Waals surface area contributed by atoms with E-state index in [-0.39, 0.29) is 5.57 Å². The van der Waals surface area contributed by atoms with Crippen molar-refractivity contribution in [3.8, 4) is 6.07 Å². The number of carbonyl (C=O) groups excluding carboxylic acids is 1. The van der Waals surface area contributed by atoms with Gasteiger partial charge in [0.25, 0.3) is 5.91 Å². The summed E-state index contributed by atoms with van der Waals surface area (Å²) >= 11 is 9.19. The zero-order valence-electron chi connectivity index (χ0n) is 12.0. The Kier molecular flexibility index (Phi) is 6.21. The Morgan fingerprint density at radius 3 is 2.57 bits per heavy atom. The third-order valence-electron chi connectivity index (χ3n) is 2.98. The van der Waals surface area contributed by atoms with Gasteiger partial charge in [-0.15, -0.1) is 0 Å². The van der Waals surface area contributed by atoms with Crippen LogP contribution < -0.4 is 10.6 Å². The summed E-state index contributed by atoms with van der Waals surface area (Å²) < 4.78 is 0.843. The molecule has 0 heterocycles. The average Bonchev–Trinajstić information content (AvgIpc) is 2.56. The van der Waals surface area contributed by atoms with Crippen LogP contribution in [0.3, 0.4) is 0 Å². The topological polar surface area (TPSA) is 64.9 Å². The number of carbonyl (C=O) groups is 1. The van der Waals surface area contributed by atoms with Crippen molar-refractivity contribution in [2.45, 2.75) is 6.54 Å². The van der Waals surface area contributed by atoms with Crippen LogP contribution in [0.1, 0.15) is 5.56 Å². The fourth-order valence-electron chi connectivity index (χ4n) is 1.76. The van der Waals surface area contributed by atoms with E-state index in [2.05, 4.69) is 26.6 Å². The van der Waals surface area contributed by atoms with Gasteiger partial charge in [0.1, 0.15) is 11.6 Å². The van der Waals surface area contributed by atoms with Crippen molar-refractivity contribution in [3.05, 3.63) is 75.4 Å². The van der Waals surface area contributed by atoms with Crippen molar-refractivity contribution >= 4 is 39.1 Å². The van der Waals surface area contributed by atoms with Crippen LogP contribution in [0.2, 0.25) is 5.02 Å². The van der Waals surface area contributed by atoms with Gasteiger partial charge in [-0.3, -0.25) is 4.79 Å². The minimum atomic E-state index is -0.443. The quantitative estimate of drug-likeness (QED) is 0.593. The minimum Gasteiger partial charge on any atom is -0.359 e. The molecule has 116 valence electrons. The number of hydrogen-bond acceptors (Lipinski definition) is 3. The molecule has 0 aliphatic rings. The number of halogens is 2. The van der Waals surface area contributed by atoms with E-state index >= 15 is 0 Å². The Hall–Kier alpha value is -2.29. The lowest BCUT2D eigenvalue weighted by Gasteiger charge is -2.06. The molecule has 0 aliphatic carbocycles. The first-order valence-electron chi connectivity index (χ1n) is 6.74.